The zero-order valence-corrected chi connectivity index (χ0v) is 25.1. The van der Waals surface area contributed by atoms with Gasteiger partial charge in [0.2, 0.25) is 0 Å². The van der Waals surface area contributed by atoms with Crippen molar-refractivity contribution in [1.82, 2.24) is 14.5 Å². The zero-order chi connectivity index (χ0) is 27.9. The van der Waals surface area contributed by atoms with Gasteiger partial charge in [-0.15, -0.1) is 0 Å². The molecule has 1 aliphatic rings. The summed E-state index contributed by atoms with van der Waals surface area (Å²) in [5.41, 5.74) is 7.17. The van der Waals surface area contributed by atoms with E-state index in [1.165, 1.54) is 59.9 Å². The SMILES string of the molecule is Bc1cc(C)c(-n2cc(C)c3c(N4CCC(COC(=O)CCCCCCCCC)CC4)nc(C)nc32)c(C)c1. The lowest BCUT2D eigenvalue weighted by Gasteiger charge is -2.33. The van der Waals surface area contributed by atoms with Crippen molar-refractivity contribution in [2.45, 2.75) is 98.8 Å². The van der Waals surface area contributed by atoms with Gasteiger partial charge in [-0.3, -0.25) is 4.79 Å². The topological polar surface area (TPSA) is 60.2 Å². The quantitative estimate of drug-likeness (QED) is 0.168. The van der Waals surface area contributed by atoms with E-state index in [2.05, 4.69) is 63.3 Å². The van der Waals surface area contributed by atoms with Crippen LogP contribution in [0.3, 0.4) is 0 Å². The van der Waals surface area contributed by atoms with Crippen molar-refractivity contribution in [3.05, 3.63) is 40.8 Å². The van der Waals surface area contributed by atoms with Crippen LogP contribution >= 0.6 is 0 Å². The molecule has 1 aromatic carbocycles. The van der Waals surface area contributed by atoms with Crippen LogP contribution in [0.4, 0.5) is 5.82 Å². The van der Waals surface area contributed by atoms with E-state index in [1.54, 1.807) is 0 Å². The molecule has 3 heterocycles. The van der Waals surface area contributed by atoms with Gasteiger partial charge in [0.25, 0.3) is 0 Å². The van der Waals surface area contributed by atoms with Crippen molar-refractivity contribution in [1.29, 1.82) is 0 Å². The van der Waals surface area contributed by atoms with Gasteiger partial charge in [0.05, 0.1) is 17.7 Å². The minimum Gasteiger partial charge on any atom is -0.465 e. The molecular weight excluding hydrogens is 483 g/mol. The van der Waals surface area contributed by atoms with Gasteiger partial charge in [-0.2, -0.15) is 0 Å². The number of hydrogen-bond donors (Lipinski definition) is 0. The molecule has 4 rings (SSSR count). The first-order valence-corrected chi connectivity index (χ1v) is 15.1. The third-order valence-corrected chi connectivity index (χ3v) is 8.18. The highest BCUT2D eigenvalue weighted by molar-refractivity contribution is 6.32. The standard InChI is InChI=1S/C32H47BN4O2/c1-6-7-8-9-10-11-12-13-28(38)39-21-26-14-16-36(17-15-26)31-29-24(4)20-37(32(29)35-25(5)34-31)30-22(2)18-27(33)19-23(30)3/h18-20,26H,6-17,21,33H2,1-5H3. The molecule has 0 N–H and O–H groups in total. The Balaban J connectivity index is 1.36. The van der Waals surface area contributed by atoms with E-state index in [9.17, 15) is 4.79 Å². The number of esters is 1. The van der Waals surface area contributed by atoms with Crippen molar-refractivity contribution in [2.24, 2.45) is 5.92 Å². The molecule has 210 valence electrons. The summed E-state index contributed by atoms with van der Waals surface area (Å²) in [6, 6.07) is 4.48. The van der Waals surface area contributed by atoms with Crippen LogP contribution in [0.2, 0.25) is 0 Å². The fourth-order valence-corrected chi connectivity index (χ4v) is 6.16. The first-order valence-electron chi connectivity index (χ1n) is 15.1. The Bertz CT molecular complexity index is 1250. The maximum absolute atomic E-state index is 12.3. The van der Waals surface area contributed by atoms with Crippen LogP contribution in [-0.4, -0.2) is 48.0 Å². The highest BCUT2D eigenvalue weighted by Gasteiger charge is 2.25. The van der Waals surface area contributed by atoms with Crippen LogP contribution in [0.1, 0.15) is 93.6 Å². The van der Waals surface area contributed by atoms with E-state index >= 15 is 0 Å². The monoisotopic (exact) mass is 530 g/mol. The van der Waals surface area contributed by atoms with Crippen LogP contribution < -0.4 is 10.4 Å². The average molecular weight is 531 g/mol. The second-order valence-electron chi connectivity index (χ2n) is 11.7. The molecule has 0 bridgehead atoms. The van der Waals surface area contributed by atoms with Gasteiger partial charge in [-0.05, 0) is 69.6 Å². The van der Waals surface area contributed by atoms with Gasteiger partial charge in [-0.1, -0.05) is 63.0 Å². The number of anilines is 1. The van der Waals surface area contributed by atoms with E-state index in [4.69, 9.17) is 14.7 Å². The summed E-state index contributed by atoms with van der Waals surface area (Å²) in [5.74, 6) is 2.21. The highest BCUT2D eigenvalue weighted by Crippen LogP contribution is 2.34. The predicted molar refractivity (Wildman–Crippen MR) is 164 cm³/mol. The number of carbonyl (C=O) groups is 1. The number of aromatic nitrogens is 3. The molecular formula is C32H47BN4O2. The van der Waals surface area contributed by atoms with Gasteiger partial charge in [0.15, 0.2) is 5.65 Å². The van der Waals surface area contributed by atoms with E-state index in [-0.39, 0.29) is 5.97 Å². The van der Waals surface area contributed by atoms with E-state index < -0.39 is 0 Å². The fraction of sp³-hybridized carbons (Fsp3) is 0.594. The Morgan fingerprint density at radius 3 is 2.26 bits per heavy atom. The minimum atomic E-state index is -0.0298. The van der Waals surface area contributed by atoms with Gasteiger partial charge >= 0.3 is 5.97 Å². The summed E-state index contributed by atoms with van der Waals surface area (Å²) >= 11 is 0. The number of nitrogens with zero attached hydrogens (tertiary/aromatic N) is 4. The molecule has 7 heteroatoms. The molecule has 3 aromatic rings. The second kappa shape index (κ2) is 13.5. The zero-order valence-electron chi connectivity index (χ0n) is 25.1. The first kappa shape index (κ1) is 29.2. The molecule has 39 heavy (non-hydrogen) atoms. The second-order valence-corrected chi connectivity index (χ2v) is 11.7. The van der Waals surface area contributed by atoms with Gasteiger partial charge < -0.3 is 14.2 Å². The lowest BCUT2D eigenvalue weighted by molar-refractivity contribution is -0.145. The highest BCUT2D eigenvalue weighted by atomic mass is 16.5. The minimum absolute atomic E-state index is 0.0298. The Labute approximate surface area is 236 Å². The molecule has 0 saturated carbocycles. The summed E-state index contributed by atoms with van der Waals surface area (Å²) in [6.45, 7) is 13.1. The number of rotatable bonds is 12. The van der Waals surface area contributed by atoms with Crippen molar-refractivity contribution in [3.63, 3.8) is 0 Å². The molecule has 0 unspecified atom stereocenters. The molecule has 1 fully saturated rings. The fourth-order valence-electron chi connectivity index (χ4n) is 6.16. The average Bonchev–Trinajstić information content (AvgIpc) is 3.21. The lowest BCUT2D eigenvalue weighted by atomic mass is 9.91. The summed E-state index contributed by atoms with van der Waals surface area (Å²) in [7, 11) is 2.15. The Morgan fingerprint density at radius 1 is 0.949 bits per heavy atom. The van der Waals surface area contributed by atoms with Crippen LogP contribution in [0.25, 0.3) is 16.7 Å². The van der Waals surface area contributed by atoms with Gasteiger partial charge in [0, 0.05) is 25.7 Å². The van der Waals surface area contributed by atoms with Crippen molar-refractivity contribution in [3.8, 4) is 5.69 Å². The number of unbranched alkanes of at least 4 members (excludes halogenated alkanes) is 6. The molecule has 6 nitrogen and oxygen atoms in total. The number of carbonyl (C=O) groups excluding carboxylic acids is 1. The molecule has 0 aliphatic carbocycles. The summed E-state index contributed by atoms with van der Waals surface area (Å²) in [6.07, 6.45) is 13.3. The number of aryl methyl sites for hydroxylation is 4. The van der Waals surface area contributed by atoms with E-state index in [1.807, 2.05) is 6.92 Å². The molecule has 0 atom stereocenters. The smallest absolute Gasteiger partial charge is 0.305 e. The molecule has 1 saturated heterocycles. The third-order valence-electron chi connectivity index (χ3n) is 8.18. The van der Waals surface area contributed by atoms with E-state index in [0.717, 1.165) is 61.4 Å². The van der Waals surface area contributed by atoms with Crippen molar-refractivity contribution >= 4 is 36.1 Å². The van der Waals surface area contributed by atoms with Crippen LogP contribution in [0, 0.1) is 33.6 Å². The molecule has 2 aromatic heterocycles. The lowest BCUT2D eigenvalue weighted by Crippen LogP contribution is -2.36. The number of benzene rings is 1. The predicted octanol–water partition coefficient (Wildman–Crippen LogP) is 5.81. The summed E-state index contributed by atoms with van der Waals surface area (Å²) < 4.78 is 7.93. The van der Waals surface area contributed by atoms with Crippen LogP contribution in [0.5, 0.6) is 0 Å². The van der Waals surface area contributed by atoms with Crippen molar-refractivity contribution in [2.75, 3.05) is 24.6 Å². The largest absolute Gasteiger partial charge is 0.465 e. The summed E-state index contributed by atoms with van der Waals surface area (Å²) in [4.78, 5) is 24.5. The molecule has 0 amide bonds. The maximum Gasteiger partial charge on any atom is 0.305 e. The maximum atomic E-state index is 12.3. The number of piperidine rings is 1. The number of hydrogen-bond acceptors (Lipinski definition) is 5. The Morgan fingerprint density at radius 2 is 1.59 bits per heavy atom. The van der Waals surface area contributed by atoms with Gasteiger partial charge in [0.1, 0.15) is 19.5 Å². The number of ether oxygens (including phenoxy) is 1. The third kappa shape index (κ3) is 7.23. The number of fused-ring (bicyclic) bond motifs is 1. The first-order chi connectivity index (χ1) is 18.8. The summed E-state index contributed by atoms with van der Waals surface area (Å²) in [5, 5.41) is 1.14. The van der Waals surface area contributed by atoms with Crippen LogP contribution in [-0.2, 0) is 9.53 Å². The molecule has 1 aliphatic heterocycles. The van der Waals surface area contributed by atoms with Crippen molar-refractivity contribution < 1.29 is 9.53 Å². The Kier molecular flexibility index (Phi) is 10.1. The van der Waals surface area contributed by atoms with E-state index in [0.29, 0.717) is 18.9 Å². The molecule has 0 radical (unpaired) electrons. The van der Waals surface area contributed by atoms with Crippen LogP contribution in [0.15, 0.2) is 18.3 Å². The normalized spacial score (nSPS) is 14.3. The Hall–Kier alpha value is -2.83. The molecule has 0 spiro atoms. The van der Waals surface area contributed by atoms with Gasteiger partial charge in [-0.25, -0.2) is 9.97 Å².